The van der Waals surface area contributed by atoms with Crippen LogP contribution in [0.3, 0.4) is 0 Å². The first kappa shape index (κ1) is 18.6. The second-order valence-electron chi connectivity index (χ2n) is 5.84. The van der Waals surface area contributed by atoms with Gasteiger partial charge in [0.15, 0.2) is 18.1 Å². The molecule has 0 bridgehead atoms. The molecule has 142 valence electrons. The van der Waals surface area contributed by atoms with E-state index in [4.69, 9.17) is 23.0 Å². The number of aromatic nitrogens is 1. The molecule has 0 aliphatic rings. The molecule has 7 heteroatoms. The van der Waals surface area contributed by atoms with Crippen molar-refractivity contribution in [1.82, 2.24) is 4.98 Å². The molecule has 3 aromatic rings. The molecule has 2 heterocycles. The number of methoxy groups -OCH3 is 1. The van der Waals surface area contributed by atoms with Crippen molar-refractivity contribution < 1.29 is 27.8 Å². The highest BCUT2D eigenvalue weighted by atomic mass is 16.5. The summed E-state index contributed by atoms with van der Waals surface area (Å²) in [5, 5.41) is 0. The van der Waals surface area contributed by atoms with Gasteiger partial charge in [-0.05, 0) is 37.1 Å². The van der Waals surface area contributed by atoms with E-state index in [1.807, 2.05) is 13.8 Å². The molecule has 27 heavy (non-hydrogen) atoms. The fourth-order valence-electron chi connectivity index (χ4n) is 2.68. The first-order chi connectivity index (χ1) is 13.1. The van der Waals surface area contributed by atoms with Gasteiger partial charge in [0.2, 0.25) is 5.89 Å². The lowest BCUT2D eigenvalue weighted by atomic mass is 10.1. The van der Waals surface area contributed by atoms with Gasteiger partial charge in [0.1, 0.15) is 23.3 Å². The molecule has 0 amide bonds. The van der Waals surface area contributed by atoms with Crippen molar-refractivity contribution in [2.24, 2.45) is 0 Å². The van der Waals surface area contributed by atoms with Crippen LogP contribution in [0.15, 0.2) is 45.8 Å². The Balaban J connectivity index is 2.04. The minimum absolute atomic E-state index is 0.136. The molecule has 0 aliphatic heterocycles. The van der Waals surface area contributed by atoms with Gasteiger partial charge in [-0.3, -0.25) is 4.79 Å². The van der Waals surface area contributed by atoms with E-state index in [0.717, 1.165) is 5.56 Å². The molecule has 0 N–H and O–H groups in total. The molecular weight excluding hydrogens is 350 g/mol. The molecule has 0 aliphatic carbocycles. The maximum Gasteiger partial charge on any atom is 0.311 e. The number of esters is 1. The van der Waals surface area contributed by atoms with Crippen LogP contribution in [0.2, 0.25) is 0 Å². The summed E-state index contributed by atoms with van der Waals surface area (Å²) in [5.74, 6) is 1.90. The third-order valence-corrected chi connectivity index (χ3v) is 3.86. The smallest absolute Gasteiger partial charge is 0.311 e. The van der Waals surface area contributed by atoms with E-state index in [1.165, 1.54) is 13.4 Å². The number of carbonyl (C=O) groups is 1. The molecular formula is C20H21NO6. The molecule has 0 saturated carbocycles. The van der Waals surface area contributed by atoms with Crippen molar-refractivity contribution in [1.29, 1.82) is 0 Å². The number of aryl methyl sites for hydroxylation is 1. The second-order valence-corrected chi connectivity index (χ2v) is 5.84. The van der Waals surface area contributed by atoms with Gasteiger partial charge in [-0.1, -0.05) is 6.92 Å². The molecule has 0 saturated heterocycles. The lowest BCUT2D eigenvalue weighted by Gasteiger charge is -2.18. The maximum absolute atomic E-state index is 12.1. The summed E-state index contributed by atoms with van der Waals surface area (Å²) in [4.78, 5) is 16.1. The van der Waals surface area contributed by atoms with Crippen molar-refractivity contribution in [3.8, 4) is 28.6 Å². The van der Waals surface area contributed by atoms with Crippen molar-refractivity contribution >= 4 is 5.97 Å². The van der Waals surface area contributed by atoms with Gasteiger partial charge in [-0.15, -0.1) is 0 Å². The predicted octanol–water partition coefficient (Wildman–Crippen LogP) is 4.54. The van der Waals surface area contributed by atoms with Crippen LogP contribution in [-0.4, -0.2) is 18.1 Å². The molecule has 0 fully saturated rings. The Morgan fingerprint density at radius 1 is 1.22 bits per heavy atom. The van der Waals surface area contributed by atoms with Crippen molar-refractivity contribution in [3.05, 3.63) is 48.4 Å². The van der Waals surface area contributed by atoms with Crippen LogP contribution >= 0.6 is 0 Å². The Kier molecular flexibility index (Phi) is 5.80. The first-order valence-corrected chi connectivity index (χ1v) is 8.61. The molecule has 7 nitrogen and oxygen atoms in total. The Morgan fingerprint density at radius 3 is 2.70 bits per heavy atom. The van der Waals surface area contributed by atoms with Crippen LogP contribution < -0.4 is 14.2 Å². The van der Waals surface area contributed by atoms with Gasteiger partial charge in [0.25, 0.3) is 0 Å². The average Bonchev–Trinajstić information content (AvgIpc) is 3.34. The Hall–Kier alpha value is -3.22. The number of furan rings is 1. The Morgan fingerprint density at radius 2 is 2.07 bits per heavy atom. The summed E-state index contributed by atoms with van der Waals surface area (Å²) in [6, 6.07) is 5.25. The van der Waals surface area contributed by atoms with E-state index in [9.17, 15) is 4.79 Å². The van der Waals surface area contributed by atoms with Crippen molar-refractivity contribution in [2.75, 3.05) is 7.11 Å². The summed E-state index contributed by atoms with van der Waals surface area (Å²) >= 11 is 0. The van der Waals surface area contributed by atoms with Gasteiger partial charge in [0, 0.05) is 6.42 Å². The fraction of sp³-hybridized carbons (Fsp3) is 0.300. The monoisotopic (exact) mass is 371 g/mol. The number of hydrogen-bond acceptors (Lipinski definition) is 7. The Bertz CT molecular complexity index is 884. The molecule has 0 spiro atoms. The molecule has 0 unspecified atom stereocenters. The second kappa shape index (κ2) is 8.44. The normalized spacial score (nSPS) is 10.6. The summed E-state index contributed by atoms with van der Waals surface area (Å²) in [5.41, 5.74) is 1.26. The van der Waals surface area contributed by atoms with Crippen molar-refractivity contribution in [3.63, 3.8) is 0 Å². The molecule has 0 radical (unpaired) electrons. The minimum atomic E-state index is -0.319. The molecule has 3 rings (SSSR count). The number of hydrogen-bond donors (Lipinski definition) is 0. The van der Waals surface area contributed by atoms with Crippen LogP contribution in [0.5, 0.6) is 17.2 Å². The van der Waals surface area contributed by atoms with E-state index in [0.29, 0.717) is 47.3 Å². The highest BCUT2D eigenvalue weighted by Gasteiger charge is 2.24. The lowest BCUT2D eigenvalue weighted by molar-refractivity contribution is -0.134. The molecule has 0 atom stereocenters. The number of rotatable bonds is 8. The van der Waals surface area contributed by atoms with Gasteiger partial charge in [-0.2, -0.15) is 0 Å². The van der Waals surface area contributed by atoms with Crippen LogP contribution in [-0.2, 0) is 11.4 Å². The third kappa shape index (κ3) is 4.13. The van der Waals surface area contributed by atoms with Crippen LogP contribution in [0, 0.1) is 6.92 Å². The first-order valence-electron chi connectivity index (χ1n) is 8.61. The SMILES string of the molecule is CCCC(=O)Oc1cc(C)c(OCc2ncco2)c(OC)c1-c1ccco1. The zero-order valence-electron chi connectivity index (χ0n) is 15.5. The maximum atomic E-state index is 12.1. The highest BCUT2D eigenvalue weighted by Crippen LogP contribution is 2.47. The third-order valence-electron chi connectivity index (χ3n) is 3.86. The number of ether oxygens (including phenoxy) is 3. The van der Waals surface area contributed by atoms with Crippen LogP contribution in [0.4, 0.5) is 0 Å². The van der Waals surface area contributed by atoms with E-state index in [-0.39, 0.29) is 12.6 Å². The zero-order valence-corrected chi connectivity index (χ0v) is 15.5. The van der Waals surface area contributed by atoms with E-state index in [2.05, 4.69) is 4.98 Å². The molecule has 2 aromatic heterocycles. The summed E-state index contributed by atoms with van der Waals surface area (Å²) < 4.78 is 27.8. The quantitative estimate of drug-likeness (QED) is 0.425. The van der Waals surface area contributed by atoms with E-state index >= 15 is 0 Å². The number of carbonyl (C=O) groups excluding carboxylic acids is 1. The zero-order chi connectivity index (χ0) is 19.2. The summed E-state index contributed by atoms with van der Waals surface area (Å²) in [7, 11) is 1.52. The predicted molar refractivity (Wildman–Crippen MR) is 96.8 cm³/mol. The van der Waals surface area contributed by atoms with Crippen LogP contribution in [0.25, 0.3) is 11.3 Å². The van der Waals surface area contributed by atoms with Gasteiger partial charge < -0.3 is 23.0 Å². The number of benzene rings is 1. The van der Waals surface area contributed by atoms with Crippen LogP contribution in [0.1, 0.15) is 31.2 Å². The standard InChI is InChI=1S/C20H21NO6/c1-4-6-17(22)27-15-11-13(2)19(26-12-16-21-8-10-25-16)20(23-3)18(15)14-7-5-9-24-14/h5,7-11H,4,6,12H2,1-3H3. The van der Waals surface area contributed by atoms with Gasteiger partial charge in [-0.25, -0.2) is 4.98 Å². The number of oxazole rings is 1. The summed E-state index contributed by atoms with van der Waals surface area (Å²) in [6.45, 7) is 3.90. The number of nitrogens with zero attached hydrogens (tertiary/aromatic N) is 1. The lowest BCUT2D eigenvalue weighted by Crippen LogP contribution is -2.09. The minimum Gasteiger partial charge on any atom is -0.492 e. The fourth-order valence-corrected chi connectivity index (χ4v) is 2.68. The van der Waals surface area contributed by atoms with Gasteiger partial charge in [0.05, 0.1) is 19.6 Å². The van der Waals surface area contributed by atoms with Crippen molar-refractivity contribution in [2.45, 2.75) is 33.3 Å². The van der Waals surface area contributed by atoms with E-state index in [1.54, 1.807) is 30.7 Å². The Labute approximate surface area is 156 Å². The molecule has 1 aromatic carbocycles. The topological polar surface area (TPSA) is 83.9 Å². The highest BCUT2D eigenvalue weighted by molar-refractivity contribution is 5.82. The average molecular weight is 371 g/mol. The van der Waals surface area contributed by atoms with Gasteiger partial charge >= 0.3 is 5.97 Å². The summed E-state index contributed by atoms with van der Waals surface area (Å²) in [6.07, 6.45) is 5.59. The largest absolute Gasteiger partial charge is 0.492 e. The van der Waals surface area contributed by atoms with E-state index < -0.39 is 0 Å².